The van der Waals surface area contributed by atoms with Crippen LogP contribution in [0.1, 0.15) is 90.2 Å². The fourth-order valence-corrected chi connectivity index (χ4v) is 8.54. The van der Waals surface area contributed by atoms with Crippen LogP contribution in [0, 0.1) is 17.8 Å². The average molecular weight is 936 g/mol. The molecule has 0 radical (unpaired) electrons. The van der Waals surface area contributed by atoms with Gasteiger partial charge in [-0.25, -0.2) is 4.99 Å². The molecule has 4 aromatic rings. The minimum absolute atomic E-state index is 0. The summed E-state index contributed by atoms with van der Waals surface area (Å²) in [5.74, 6) is -2.05. The molecule has 0 fully saturated rings. The summed E-state index contributed by atoms with van der Waals surface area (Å²) in [6, 6.07) is 26.6. The predicted octanol–water partition coefficient (Wildman–Crippen LogP) is 6.54. The van der Waals surface area contributed by atoms with Crippen molar-refractivity contribution in [2.75, 3.05) is 13.2 Å². The quantitative estimate of drug-likeness (QED) is 0.0288. The maximum Gasteiger partial charge on any atom is 0.269 e. The van der Waals surface area contributed by atoms with Crippen LogP contribution in [0.15, 0.2) is 102 Å². The van der Waals surface area contributed by atoms with Crippen molar-refractivity contribution in [3.8, 4) is 0 Å². The minimum Gasteiger partial charge on any atom is -0.395 e. The number of hydrogen-bond acceptors (Lipinski definition) is 8. The number of allylic oxidation sites excluding steroid dienone is 1. The summed E-state index contributed by atoms with van der Waals surface area (Å²) in [6.07, 6.45) is 5.61. The van der Waals surface area contributed by atoms with Crippen molar-refractivity contribution in [3.63, 3.8) is 0 Å². The Labute approximate surface area is 396 Å². The Balaban J connectivity index is 0.00000561. The Bertz CT molecular complexity index is 2160. The largest absolute Gasteiger partial charge is 0.395 e. The van der Waals surface area contributed by atoms with Gasteiger partial charge in [-0.15, -0.1) is 29.4 Å². The molecule has 5 atom stereocenters. The van der Waals surface area contributed by atoms with E-state index in [1.807, 2.05) is 64.1 Å². The number of rotatable bonds is 25. The van der Waals surface area contributed by atoms with E-state index in [1.54, 1.807) is 12.5 Å². The van der Waals surface area contributed by atoms with Crippen LogP contribution in [-0.2, 0) is 32.0 Å². The first kappa shape index (κ1) is 54.4. The monoisotopic (exact) mass is 934 g/mol. The van der Waals surface area contributed by atoms with Gasteiger partial charge in [-0.2, -0.15) is 5.43 Å². The van der Waals surface area contributed by atoms with Crippen molar-refractivity contribution in [2.24, 2.45) is 34.2 Å². The van der Waals surface area contributed by atoms with Gasteiger partial charge in [0.25, 0.3) is 5.91 Å². The molecule has 4 amide bonds. The fraction of sp³-hybridized carbons (Fsp3) is 0.460. The molecule has 65 heavy (non-hydrogen) atoms. The van der Waals surface area contributed by atoms with Crippen molar-refractivity contribution in [3.05, 3.63) is 108 Å². The topological polar surface area (TPSA) is 209 Å². The molecular formula is C50H70Cl2N7O6+. The summed E-state index contributed by atoms with van der Waals surface area (Å²) >= 11 is 0. The van der Waals surface area contributed by atoms with Gasteiger partial charge in [-0.3, -0.25) is 19.2 Å². The number of nitrogens with zero attached hydrogens (tertiary/aromatic N) is 2. The van der Waals surface area contributed by atoms with Gasteiger partial charge in [-0.05, 0) is 76.6 Å². The molecule has 13 nitrogen and oxygen atoms in total. The van der Waals surface area contributed by atoms with Gasteiger partial charge >= 0.3 is 0 Å². The predicted molar refractivity (Wildman–Crippen MR) is 264 cm³/mol. The highest BCUT2D eigenvalue weighted by atomic mass is 35.5. The molecule has 0 aliphatic carbocycles. The molecule has 0 spiro atoms. The highest BCUT2D eigenvalue weighted by molar-refractivity contribution is 5.89. The second kappa shape index (κ2) is 26.3. The molecular weight excluding hydrogens is 865 g/mol. The van der Waals surface area contributed by atoms with E-state index in [0.29, 0.717) is 50.8 Å². The van der Waals surface area contributed by atoms with Crippen LogP contribution in [0.25, 0.3) is 21.5 Å². The lowest BCUT2D eigenvalue weighted by atomic mass is 9.88. The molecule has 0 bridgehead atoms. The van der Waals surface area contributed by atoms with E-state index in [4.69, 9.17) is 11.5 Å². The number of aliphatic hydroxyl groups is 2. The van der Waals surface area contributed by atoms with E-state index < -0.39 is 35.9 Å². The summed E-state index contributed by atoms with van der Waals surface area (Å²) < 4.78 is -0.378. The zero-order valence-electron chi connectivity index (χ0n) is 38.2. The number of carbonyl (C=O) groups is 4. The third-order valence-electron chi connectivity index (χ3n) is 11.8. The van der Waals surface area contributed by atoms with Gasteiger partial charge in [-0.1, -0.05) is 119 Å². The van der Waals surface area contributed by atoms with Crippen molar-refractivity contribution in [1.82, 2.24) is 16.1 Å². The number of nitrogens with two attached hydrogens (primary N) is 2. The van der Waals surface area contributed by atoms with E-state index in [0.717, 1.165) is 39.1 Å². The Hall–Kier alpha value is -4.89. The Morgan fingerprint density at radius 3 is 1.89 bits per heavy atom. The Kier molecular flexibility index (Phi) is 22.0. The van der Waals surface area contributed by atoms with Crippen molar-refractivity contribution in [2.45, 2.75) is 116 Å². The first-order chi connectivity index (χ1) is 30.2. The standard InChI is InChI=1S/C50H67N7O6.2ClH/c1-33(2)25-44(50(63)53-24-10-9-19-40(51)31-58)55-48(61)29-46(59)45(26-34(3)4)57(30-41(54-32-57)22-23-47(52)60)56-49(62)39(27-37-17-11-15-35-13-5-7-20-42(35)37)28-38-18-12-16-36-14-6-8-21-43(36)38;;/h5-8,11-18,20-21,30,32-34,39-40,44-46,58-59H,9-10,19,22-29,31,51H2,1-4H3,(H4-,52,53,55,56,60,61,62,63);2*1H/p+1. The number of aliphatic imine (C=N–C) groups is 1. The van der Waals surface area contributed by atoms with Gasteiger partial charge in [0.15, 0.2) is 0 Å². The number of aliphatic hydroxyl groups excluding tert-OH is 2. The maximum absolute atomic E-state index is 15.2. The molecule has 0 saturated carbocycles. The fourth-order valence-electron chi connectivity index (χ4n) is 8.54. The van der Waals surface area contributed by atoms with Crippen LogP contribution >= 0.6 is 24.8 Å². The van der Waals surface area contributed by atoms with Crippen LogP contribution in [0.2, 0.25) is 0 Å². The van der Waals surface area contributed by atoms with Gasteiger partial charge in [0, 0.05) is 31.8 Å². The third kappa shape index (κ3) is 15.9. The number of hydrogen-bond donors (Lipinski definition) is 7. The molecule has 4 aromatic carbocycles. The Morgan fingerprint density at radius 1 is 0.769 bits per heavy atom. The molecule has 354 valence electrons. The number of primary amides is 1. The molecule has 1 heterocycles. The molecule has 5 rings (SSSR count). The first-order valence-corrected chi connectivity index (χ1v) is 22.5. The molecule has 0 saturated heterocycles. The minimum atomic E-state index is -1.29. The normalized spacial score (nSPS) is 16.4. The van der Waals surface area contributed by atoms with Gasteiger partial charge in [0.1, 0.15) is 30.1 Å². The van der Waals surface area contributed by atoms with Crippen LogP contribution in [0.4, 0.5) is 0 Å². The van der Waals surface area contributed by atoms with Crippen LogP contribution < -0.4 is 27.5 Å². The molecule has 1 aliphatic heterocycles. The van der Waals surface area contributed by atoms with Gasteiger partial charge in [0.05, 0.1) is 18.9 Å². The van der Waals surface area contributed by atoms with Crippen molar-refractivity contribution >= 4 is 76.3 Å². The summed E-state index contributed by atoms with van der Waals surface area (Å²) in [5.41, 5.74) is 17.2. The zero-order valence-corrected chi connectivity index (χ0v) is 39.8. The van der Waals surface area contributed by atoms with Gasteiger partial charge < -0.3 is 32.3 Å². The number of carbonyl (C=O) groups excluding carboxylic acids is 4. The second-order valence-electron chi connectivity index (χ2n) is 18.0. The lowest BCUT2D eigenvalue weighted by Crippen LogP contribution is -2.65. The third-order valence-corrected chi connectivity index (χ3v) is 11.8. The summed E-state index contributed by atoms with van der Waals surface area (Å²) in [4.78, 5) is 59.0. The number of quaternary nitrogens is 1. The molecule has 0 aromatic heterocycles. The number of unbranched alkanes of at least 4 members (excludes halogenated alkanes) is 1. The van der Waals surface area contributed by atoms with Crippen molar-refractivity contribution in [1.29, 1.82) is 0 Å². The highest BCUT2D eigenvalue weighted by Gasteiger charge is 2.46. The number of benzene rings is 4. The van der Waals surface area contributed by atoms with E-state index in [1.165, 1.54) is 0 Å². The van der Waals surface area contributed by atoms with Crippen LogP contribution in [0.3, 0.4) is 0 Å². The van der Waals surface area contributed by atoms with Crippen molar-refractivity contribution < 1.29 is 34.0 Å². The molecule has 1 aliphatic rings. The first-order valence-electron chi connectivity index (χ1n) is 22.5. The van der Waals surface area contributed by atoms with Gasteiger partial charge in [0.2, 0.25) is 24.1 Å². The van der Waals surface area contributed by atoms with E-state index in [2.05, 4.69) is 69.6 Å². The smallest absolute Gasteiger partial charge is 0.269 e. The summed E-state index contributed by atoms with van der Waals surface area (Å²) in [5, 5.41) is 31.5. The number of amides is 4. The number of fused-ring (bicyclic) bond motifs is 2. The lowest BCUT2D eigenvalue weighted by Gasteiger charge is -2.39. The highest BCUT2D eigenvalue weighted by Crippen LogP contribution is 2.31. The molecule has 5 unspecified atom stereocenters. The zero-order chi connectivity index (χ0) is 45.5. The average Bonchev–Trinajstić information content (AvgIpc) is 3.67. The summed E-state index contributed by atoms with van der Waals surface area (Å²) in [6.45, 7) is 8.25. The van der Waals surface area contributed by atoms with E-state index in [9.17, 15) is 24.6 Å². The van der Waals surface area contributed by atoms with E-state index >= 15 is 4.79 Å². The Morgan fingerprint density at radius 2 is 1.34 bits per heavy atom. The SMILES string of the molecule is CC(C)CC(NC(=O)CC(O)C(CC(C)C)[N+]1(NC(=O)C(Cc2cccc3ccccc23)Cc2cccc3ccccc23)C=NC(CCC(N)=O)=C1)C(=O)NCCCCC(N)CO.Cl.Cl. The number of halogens is 2. The number of nitrogens with one attached hydrogen (secondary N) is 3. The van der Waals surface area contributed by atoms with Crippen LogP contribution in [-0.4, -0.2) is 82.2 Å². The van der Waals surface area contributed by atoms with Crippen LogP contribution in [0.5, 0.6) is 0 Å². The second-order valence-corrected chi connectivity index (χ2v) is 18.0. The maximum atomic E-state index is 15.2. The summed E-state index contributed by atoms with van der Waals surface area (Å²) in [7, 11) is 0. The molecule has 15 heteroatoms. The van der Waals surface area contributed by atoms with E-state index in [-0.39, 0.29) is 85.0 Å². The molecule has 9 N–H and O–H groups in total. The lowest BCUT2D eigenvalue weighted by molar-refractivity contribution is -0.850.